The molecule has 1 aromatic heterocycles. The standard InChI is InChI=1S/C21H24N2O7/c1-4-7-11-9-12(10-13(29-6-3)17(11)30-8-5-2)14-15(20(25)26)18(22)23-19(24)16(14)21(27)28/h4,9-10H,1,5-8H2,2-3H3,(H,25,26)(H,27,28)(H3,22,23,24). The summed E-state index contributed by atoms with van der Waals surface area (Å²) in [5, 5.41) is 19.2. The van der Waals surface area contributed by atoms with Crippen molar-refractivity contribution in [1.29, 1.82) is 0 Å². The maximum absolute atomic E-state index is 12.3. The third-order valence-electron chi connectivity index (χ3n) is 4.21. The van der Waals surface area contributed by atoms with E-state index >= 15 is 0 Å². The van der Waals surface area contributed by atoms with Crippen molar-refractivity contribution in [3.63, 3.8) is 0 Å². The Morgan fingerprint density at radius 1 is 1.17 bits per heavy atom. The number of nitrogens with one attached hydrogen (secondary N) is 1. The molecular formula is C21H24N2O7. The summed E-state index contributed by atoms with van der Waals surface area (Å²) in [6.07, 6.45) is 2.71. The van der Waals surface area contributed by atoms with Crippen molar-refractivity contribution in [2.75, 3.05) is 18.9 Å². The Kier molecular flexibility index (Phi) is 7.24. The van der Waals surface area contributed by atoms with E-state index in [2.05, 4.69) is 11.6 Å². The van der Waals surface area contributed by atoms with Gasteiger partial charge in [-0.15, -0.1) is 6.58 Å². The van der Waals surface area contributed by atoms with E-state index < -0.39 is 34.4 Å². The number of H-pyrrole nitrogens is 1. The van der Waals surface area contributed by atoms with Crippen molar-refractivity contribution < 1.29 is 29.3 Å². The van der Waals surface area contributed by atoms with Gasteiger partial charge in [0.15, 0.2) is 11.5 Å². The Morgan fingerprint density at radius 2 is 1.83 bits per heavy atom. The van der Waals surface area contributed by atoms with Crippen LogP contribution in [0.4, 0.5) is 5.82 Å². The lowest BCUT2D eigenvalue weighted by Gasteiger charge is -2.19. The second-order valence-electron chi connectivity index (χ2n) is 6.34. The highest BCUT2D eigenvalue weighted by Crippen LogP contribution is 2.39. The summed E-state index contributed by atoms with van der Waals surface area (Å²) in [6.45, 7) is 8.13. The van der Waals surface area contributed by atoms with Crippen LogP contribution in [-0.4, -0.2) is 40.3 Å². The number of benzene rings is 1. The molecule has 0 aliphatic rings. The van der Waals surface area contributed by atoms with E-state index in [0.717, 1.165) is 6.42 Å². The van der Waals surface area contributed by atoms with Crippen LogP contribution < -0.4 is 20.8 Å². The van der Waals surface area contributed by atoms with Gasteiger partial charge in [-0.1, -0.05) is 13.0 Å². The molecule has 9 heteroatoms. The zero-order chi connectivity index (χ0) is 22.4. The Labute approximate surface area is 172 Å². The number of allylic oxidation sites excluding steroid dienone is 1. The van der Waals surface area contributed by atoms with Gasteiger partial charge in [0.25, 0.3) is 5.56 Å². The van der Waals surface area contributed by atoms with Gasteiger partial charge in [-0.25, -0.2) is 9.59 Å². The molecule has 0 aliphatic heterocycles. The predicted octanol–water partition coefficient (Wildman–Crippen LogP) is 2.94. The third kappa shape index (κ3) is 4.45. The van der Waals surface area contributed by atoms with Crippen LogP contribution in [0.5, 0.6) is 11.5 Å². The fourth-order valence-electron chi connectivity index (χ4n) is 3.08. The van der Waals surface area contributed by atoms with Crippen LogP contribution in [0.25, 0.3) is 11.1 Å². The van der Waals surface area contributed by atoms with Crippen molar-refractivity contribution in [3.05, 3.63) is 51.8 Å². The average molecular weight is 416 g/mol. The van der Waals surface area contributed by atoms with Gasteiger partial charge in [0, 0.05) is 11.1 Å². The minimum Gasteiger partial charge on any atom is -0.490 e. The van der Waals surface area contributed by atoms with Crippen LogP contribution in [0.2, 0.25) is 0 Å². The SMILES string of the molecule is C=CCc1cc(-c2c(C(=O)O)c(N)[nH]c(=O)c2C(=O)O)cc(OCC)c1OCCC. The van der Waals surface area contributed by atoms with E-state index in [1.165, 1.54) is 6.07 Å². The maximum Gasteiger partial charge on any atom is 0.342 e. The number of carboxylic acid groups (broad SMARTS) is 2. The molecule has 0 radical (unpaired) electrons. The number of aromatic carboxylic acids is 2. The van der Waals surface area contributed by atoms with Crippen LogP contribution in [0.15, 0.2) is 29.6 Å². The van der Waals surface area contributed by atoms with Crippen molar-refractivity contribution in [1.82, 2.24) is 4.98 Å². The fraction of sp³-hybridized carbons (Fsp3) is 0.286. The lowest BCUT2D eigenvalue weighted by molar-refractivity contribution is 0.0695. The Morgan fingerprint density at radius 3 is 2.37 bits per heavy atom. The van der Waals surface area contributed by atoms with E-state index in [4.69, 9.17) is 15.2 Å². The zero-order valence-electron chi connectivity index (χ0n) is 16.8. The summed E-state index contributed by atoms with van der Waals surface area (Å²) >= 11 is 0. The van der Waals surface area contributed by atoms with Gasteiger partial charge < -0.3 is 30.4 Å². The highest BCUT2D eigenvalue weighted by atomic mass is 16.5. The normalized spacial score (nSPS) is 10.5. The van der Waals surface area contributed by atoms with Gasteiger partial charge in [0.1, 0.15) is 16.9 Å². The third-order valence-corrected chi connectivity index (χ3v) is 4.21. The first kappa shape index (κ1) is 22.5. The molecule has 0 bridgehead atoms. The Bertz CT molecular complexity index is 1040. The van der Waals surface area contributed by atoms with Crippen molar-refractivity contribution >= 4 is 17.8 Å². The van der Waals surface area contributed by atoms with E-state index in [9.17, 15) is 24.6 Å². The molecule has 0 saturated carbocycles. The number of hydrogen-bond donors (Lipinski definition) is 4. The molecule has 0 amide bonds. The molecule has 0 aliphatic carbocycles. The lowest BCUT2D eigenvalue weighted by Crippen LogP contribution is -2.24. The van der Waals surface area contributed by atoms with E-state index in [0.29, 0.717) is 30.1 Å². The quantitative estimate of drug-likeness (QED) is 0.431. The molecule has 0 fully saturated rings. The number of carbonyl (C=O) groups is 2. The van der Waals surface area contributed by atoms with Crippen molar-refractivity contribution in [2.24, 2.45) is 0 Å². The maximum atomic E-state index is 12.3. The first-order chi connectivity index (χ1) is 14.3. The number of anilines is 1. The number of aromatic amines is 1. The number of aromatic nitrogens is 1. The molecule has 9 nitrogen and oxygen atoms in total. The summed E-state index contributed by atoms with van der Waals surface area (Å²) < 4.78 is 11.5. The molecule has 0 unspecified atom stereocenters. The number of nitrogen functional groups attached to an aromatic ring is 1. The minimum absolute atomic E-state index is 0.159. The van der Waals surface area contributed by atoms with Crippen LogP contribution in [0, 0.1) is 0 Å². The van der Waals surface area contributed by atoms with Crippen LogP contribution in [0.1, 0.15) is 46.5 Å². The van der Waals surface area contributed by atoms with E-state index in [1.54, 1.807) is 19.1 Å². The van der Waals surface area contributed by atoms with Crippen LogP contribution >= 0.6 is 0 Å². The van der Waals surface area contributed by atoms with E-state index in [-0.39, 0.29) is 17.7 Å². The van der Waals surface area contributed by atoms with Crippen LogP contribution in [0.3, 0.4) is 0 Å². The van der Waals surface area contributed by atoms with Crippen molar-refractivity contribution in [2.45, 2.75) is 26.7 Å². The number of ether oxygens (including phenoxy) is 2. The highest BCUT2D eigenvalue weighted by molar-refractivity contribution is 6.07. The largest absolute Gasteiger partial charge is 0.490 e. The number of carboxylic acids is 2. The second kappa shape index (κ2) is 9.64. The first-order valence-corrected chi connectivity index (χ1v) is 9.32. The van der Waals surface area contributed by atoms with Crippen molar-refractivity contribution in [3.8, 4) is 22.6 Å². The summed E-state index contributed by atoms with van der Waals surface area (Å²) in [5.74, 6) is -2.75. The molecular weight excluding hydrogens is 392 g/mol. The van der Waals surface area contributed by atoms with Gasteiger partial charge in [-0.05, 0) is 37.5 Å². The predicted molar refractivity (Wildman–Crippen MR) is 112 cm³/mol. The van der Waals surface area contributed by atoms with Crippen LogP contribution in [-0.2, 0) is 6.42 Å². The Balaban J connectivity index is 2.96. The smallest absolute Gasteiger partial charge is 0.342 e. The molecule has 160 valence electrons. The first-order valence-electron chi connectivity index (χ1n) is 9.32. The number of nitrogens with two attached hydrogens (primary N) is 1. The molecule has 1 aromatic carbocycles. The topological polar surface area (TPSA) is 152 Å². The summed E-state index contributed by atoms with van der Waals surface area (Å²) in [5.41, 5.74) is 3.93. The van der Waals surface area contributed by atoms with Gasteiger partial charge in [0.2, 0.25) is 0 Å². The molecule has 0 saturated heterocycles. The molecule has 1 heterocycles. The summed E-state index contributed by atoms with van der Waals surface area (Å²) in [4.78, 5) is 38.1. The number of rotatable bonds is 10. The average Bonchev–Trinajstić information content (AvgIpc) is 2.66. The number of pyridine rings is 1. The molecule has 0 atom stereocenters. The number of hydrogen-bond acceptors (Lipinski definition) is 6. The monoisotopic (exact) mass is 416 g/mol. The van der Waals surface area contributed by atoms with Gasteiger partial charge in [-0.2, -0.15) is 0 Å². The molecule has 2 aromatic rings. The Hall–Kier alpha value is -3.75. The highest BCUT2D eigenvalue weighted by Gasteiger charge is 2.28. The van der Waals surface area contributed by atoms with Gasteiger partial charge >= 0.3 is 11.9 Å². The summed E-state index contributed by atoms with van der Waals surface area (Å²) in [6, 6.07) is 3.01. The molecule has 0 spiro atoms. The second-order valence-corrected chi connectivity index (χ2v) is 6.34. The van der Waals surface area contributed by atoms with E-state index in [1.807, 2.05) is 6.92 Å². The van der Waals surface area contributed by atoms with Gasteiger partial charge in [0.05, 0.1) is 13.2 Å². The molecule has 5 N–H and O–H groups in total. The molecule has 2 rings (SSSR count). The lowest BCUT2D eigenvalue weighted by atomic mass is 9.93. The zero-order valence-corrected chi connectivity index (χ0v) is 16.8. The summed E-state index contributed by atoms with van der Waals surface area (Å²) in [7, 11) is 0. The molecule has 30 heavy (non-hydrogen) atoms. The fourth-order valence-corrected chi connectivity index (χ4v) is 3.08. The minimum atomic E-state index is -1.58. The van der Waals surface area contributed by atoms with Gasteiger partial charge in [-0.3, -0.25) is 4.79 Å².